The highest BCUT2D eigenvalue weighted by Gasteiger charge is 2.21. The molecule has 17 heavy (non-hydrogen) atoms. The Morgan fingerprint density at radius 3 is 2.71 bits per heavy atom. The average Bonchev–Trinajstić information content (AvgIpc) is 2.28. The second-order valence-electron chi connectivity index (χ2n) is 3.77. The molecular formula is C12H15FO3S. The Balaban J connectivity index is 2.77. The first-order valence-corrected chi connectivity index (χ1v) is 6.16. The zero-order valence-corrected chi connectivity index (χ0v) is 10.5. The van der Waals surface area contributed by atoms with Crippen molar-refractivity contribution in [3.8, 4) is 0 Å². The molecule has 3 nitrogen and oxygen atoms in total. The molecule has 1 aromatic rings. The van der Waals surface area contributed by atoms with Crippen molar-refractivity contribution in [3.05, 3.63) is 35.1 Å². The lowest BCUT2D eigenvalue weighted by Crippen LogP contribution is -2.22. The van der Waals surface area contributed by atoms with Gasteiger partial charge in [0.1, 0.15) is 11.9 Å². The van der Waals surface area contributed by atoms with E-state index in [4.69, 9.17) is 0 Å². The quantitative estimate of drug-likeness (QED) is 0.864. The van der Waals surface area contributed by atoms with Crippen LogP contribution in [0.3, 0.4) is 0 Å². The molecule has 0 aliphatic carbocycles. The summed E-state index contributed by atoms with van der Waals surface area (Å²) in [5, 5.41) is 19.4. The van der Waals surface area contributed by atoms with Crippen LogP contribution in [0.2, 0.25) is 0 Å². The highest BCUT2D eigenvalue weighted by Crippen LogP contribution is 2.24. The number of rotatable bonds is 4. The van der Waals surface area contributed by atoms with Crippen LogP contribution in [0.1, 0.15) is 24.2 Å². The van der Waals surface area contributed by atoms with E-state index in [2.05, 4.69) is 0 Å². The largest absolute Gasteiger partial charge is 0.389 e. The van der Waals surface area contributed by atoms with Gasteiger partial charge in [0.2, 0.25) is 0 Å². The van der Waals surface area contributed by atoms with E-state index in [1.54, 1.807) is 13.0 Å². The Morgan fingerprint density at radius 2 is 2.12 bits per heavy atom. The van der Waals surface area contributed by atoms with Crippen molar-refractivity contribution < 1.29 is 19.4 Å². The normalized spacial score (nSPS) is 14.4. The Labute approximate surface area is 104 Å². The molecule has 0 aromatic heterocycles. The van der Waals surface area contributed by atoms with Crippen molar-refractivity contribution >= 4 is 16.9 Å². The third-order valence-corrected chi connectivity index (χ3v) is 3.36. The van der Waals surface area contributed by atoms with Crippen molar-refractivity contribution in [2.75, 3.05) is 5.75 Å². The molecule has 0 aliphatic heterocycles. The zero-order chi connectivity index (χ0) is 13.0. The predicted molar refractivity (Wildman–Crippen MR) is 65.2 cm³/mol. The summed E-state index contributed by atoms with van der Waals surface area (Å²) in [5.74, 6) is -0.333. The van der Waals surface area contributed by atoms with Crippen LogP contribution in [-0.2, 0) is 4.79 Å². The number of benzene rings is 1. The molecule has 2 N–H and O–H groups in total. The molecule has 2 atom stereocenters. The van der Waals surface area contributed by atoms with E-state index in [-0.39, 0.29) is 10.9 Å². The Kier molecular flexibility index (Phi) is 5.11. The van der Waals surface area contributed by atoms with Crippen LogP contribution in [0.15, 0.2) is 18.2 Å². The minimum atomic E-state index is -1.18. The number of hydrogen-bond donors (Lipinski definition) is 2. The number of aliphatic hydroxyl groups is 2. The van der Waals surface area contributed by atoms with Gasteiger partial charge in [-0.1, -0.05) is 23.9 Å². The van der Waals surface area contributed by atoms with E-state index in [0.717, 1.165) is 11.8 Å². The Hall–Kier alpha value is -0.910. The molecule has 0 heterocycles. The summed E-state index contributed by atoms with van der Waals surface area (Å²) in [5.41, 5.74) is 0.661. The summed E-state index contributed by atoms with van der Waals surface area (Å²) in [7, 11) is 0. The first-order valence-electron chi connectivity index (χ1n) is 5.18. The molecule has 0 aliphatic rings. The molecule has 0 saturated carbocycles. The van der Waals surface area contributed by atoms with Crippen LogP contribution in [0, 0.1) is 12.7 Å². The molecule has 1 rings (SSSR count). The van der Waals surface area contributed by atoms with Crippen molar-refractivity contribution in [2.45, 2.75) is 26.1 Å². The van der Waals surface area contributed by atoms with Gasteiger partial charge in [0.25, 0.3) is 0 Å². The second-order valence-corrected chi connectivity index (χ2v) is 4.97. The lowest BCUT2D eigenvalue weighted by atomic mass is 10.00. The van der Waals surface area contributed by atoms with Crippen LogP contribution in [0.4, 0.5) is 4.39 Å². The third-order valence-electron chi connectivity index (χ3n) is 2.45. The van der Waals surface area contributed by atoms with Gasteiger partial charge in [-0.05, 0) is 24.1 Å². The minimum absolute atomic E-state index is 0.0897. The van der Waals surface area contributed by atoms with E-state index < -0.39 is 18.0 Å². The van der Waals surface area contributed by atoms with Gasteiger partial charge < -0.3 is 10.2 Å². The third kappa shape index (κ3) is 3.80. The number of carbonyl (C=O) groups excluding carboxylic acids is 1. The van der Waals surface area contributed by atoms with Crippen molar-refractivity contribution in [1.29, 1.82) is 0 Å². The van der Waals surface area contributed by atoms with Crippen molar-refractivity contribution in [1.82, 2.24) is 0 Å². The smallest absolute Gasteiger partial charge is 0.185 e. The van der Waals surface area contributed by atoms with Gasteiger partial charge in [0, 0.05) is 12.7 Å². The van der Waals surface area contributed by atoms with Crippen LogP contribution in [0.5, 0.6) is 0 Å². The van der Waals surface area contributed by atoms with E-state index in [9.17, 15) is 19.4 Å². The Bertz CT molecular complexity index is 409. The maximum absolute atomic E-state index is 13.3. The first-order chi connectivity index (χ1) is 7.93. The average molecular weight is 258 g/mol. The predicted octanol–water partition coefficient (Wildman–Crippen LogP) is 1.81. The number of hydrogen-bond acceptors (Lipinski definition) is 4. The van der Waals surface area contributed by atoms with Gasteiger partial charge in [0.05, 0.1) is 6.10 Å². The molecule has 0 saturated heterocycles. The monoisotopic (exact) mass is 258 g/mol. The van der Waals surface area contributed by atoms with Gasteiger partial charge in [-0.25, -0.2) is 4.39 Å². The highest BCUT2D eigenvalue weighted by atomic mass is 32.2. The first kappa shape index (κ1) is 14.2. The fraction of sp³-hybridized carbons (Fsp3) is 0.417. The van der Waals surface area contributed by atoms with Gasteiger partial charge in [0.15, 0.2) is 5.12 Å². The summed E-state index contributed by atoms with van der Waals surface area (Å²) < 4.78 is 13.3. The van der Waals surface area contributed by atoms with Crippen LogP contribution in [0.25, 0.3) is 0 Å². The minimum Gasteiger partial charge on any atom is -0.389 e. The summed E-state index contributed by atoms with van der Waals surface area (Å²) in [6.07, 6.45) is -2.28. The molecule has 0 radical (unpaired) electrons. The van der Waals surface area contributed by atoms with E-state index in [1.165, 1.54) is 19.1 Å². The van der Waals surface area contributed by atoms with Crippen molar-refractivity contribution in [3.63, 3.8) is 0 Å². The zero-order valence-electron chi connectivity index (χ0n) is 9.68. The maximum Gasteiger partial charge on any atom is 0.185 e. The van der Waals surface area contributed by atoms with Crippen LogP contribution < -0.4 is 0 Å². The summed E-state index contributed by atoms with van der Waals surface area (Å²) in [6.45, 7) is 2.93. The second kappa shape index (κ2) is 6.14. The fourth-order valence-electron chi connectivity index (χ4n) is 1.45. The number of halogens is 1. The van der Waals surface area contributed by atoms with E-state index >= 15 is 0 Å². The van der Waals surface area contributed by atoms with Crippen molar-refractivity contribution in [2.24, 2.45) is 0 Å². The fourth-order valence-corrected chi connectivity index (χ4v) is 2.03. The van der Waals surface area contributed by atoms with Gasteiger partial charge in [-0.2, -0.15) is 0 Å². The van der Waals surface area contributed by atoms with Gasteiger partial charge in [-0.15, -0.1) is 0 Å². The topological polar surface area (TPSA) is 57.5 Å². The maximum atomic E-state index is 13.3. The standard InChI is InChI=1S/C12H15FO3S/c1-7-9(4-3-5-10(7)13)12(16)11(15)6-17-8(2)14/h3-5,11-12,15-16H,6H2,1-2H3. The number of thioether (sulfide) groups is 1. The van der Waals surface area contributed by atoms with Crippen LogP contribution >= 0.6 is 11.8 Å². The lowest BCUT2D eigenvalue weighted by molar-refractivity contribution is -0.109. The Morgan fingerprint density at radius 1 is 1.47 bits per heavy atom. The molecule has 0 amide bonds. The highest BCUT2D eigenvalue weighted by molar-refractivity contribution is 8.13. The lowest BCUT2D eigenvalue weighted by Gasteiger charge is -2.19. The molecular weight excluding hydrogens is 243 g/mol. The summed E-state index contributed by atoms with van der Waals surface area (Å²) >= 11 is 0.930. The molecule has 0 bridgehead atoms. The van der Waals surface area contributed by atoms with E-state index in [1.807, 2.05) is 0 Å². The molecule has 2 unspecified atom stereocenters. The van der Waals surface area contributed by atoms with Gasteiger partial charge >= 0.3 is 0 Å². The van der Waals surface area contributed by atoms with Gasteiger partial charge in [-0.3, -0.25) is 4.79 Å². The summed E-state index contributed by atoms with van der Waals surface area (Å²) in [4.78, 5) is 10.7. The molecule has 5 heteroatoms. The number of carbonyl (C=O) groups is 1. The summed E-state index contributed by atoms with van der Waals surface area (Å²) in [6, 6.07) is 4.33. The number of aliphatic hydroxyl groups excluding tert-OH is 2. The van der Waals surface area contributed by atoms with Crippen LogP contribution in [-0.4, -0.2) is 27.2 Å². The molecule has 0 fully saturated rings. The molecule has 1 aromatic carbocycles. The van der Waals surface area contributed by atoms with E-state index in [0.29, 0.717) is 11.1 Å². The molecule has 94 valence electrons. The SMILES string of the molecule is CC(=O)SCC(O)C(O)c1cccc(F)c1C. The molecule has 0 spiro atoms.